The van der Waals surface area contributed by atoms with Gasteiger partial charge in [-0.1, -0.05) is 29.4 Å². The summed E-state index contributed by atoms with van der Waals surface area (Å²) < 4.78 is 5.28. The quantitative estimate of drug-likeness (QED) is 0.480. The van der Waals surface area contributed by atoms with E-state index in [0.29, 0.717) is 0 Å². The number of allylic oxidation sites excluding steroid dienone is 1. The van der Waals surface area contributed by atoms with E-state index in [9.17, 15) is 0 Å². The molecule has 0 N–H and O–H groups in total. The van der Waals surface area contributed by atoms with Crippen molar-refractivity contribution in [3.05, 3.63) is 12.3 Å². The average molecular weight is 207 g/mol. The number of hydrogen-bond donors (Lipinski definition) is 0. The minimum Gasteiger partial charge on any atom is -0.499 e. The van der Waals surface area contributed by atoms with E-state index in [1.807, 2.05) is 0 Å². The van der Waals surface area contributed by atoms with Gasteiger partial charge in [0.25, 0.3) is 0 Å². The van der Waals surface area contributed by atoms with E-state index in [2.05, 4.69) is 29.4 Å². The van der Waals surface area contributed by atoms with Crippen LogP contribution in [-0.2, 0) is 4.74 Å². The predicted octanol–water partition coefficient (Wildman–Crippen LogP) is 3.10. The van der Waals surface area contributed by atoms with Crippen molar-refractivity contribution in [2.24, 2.45) is 0 Å². The summed E-state index contributed by atoms with van der Waals surface area (Å²) >= 11 is 3.35. The summed E-state index contributed by atoms with van der Waals surface area (Å²) in [6.45, 7) is 6.69. The Bertz CT molecular complexity index is 81.3. The molecule has 0 aliphatic rings. The van der Waals surface area contributed by atoms with Crippen molar-refractivity contribution in [1.29, 1.82) is 0 Å². The summed E-state index contributed by atoms with van der Waals surface area (Å²) in [7, 11) is 0. The van der Waals surface area contributed by atoms with Gasteiger partial charge in [0.15, 0.2) is 0 Å². The number of rotatable bonds is 6. The van der Waals surface area contributed by atoms with Gasteiger partial charge in [-0.2, -0.15) is 0 Å². The molecule has 0 amide bonds. The number of halogens is 1. The van der Waals surface area contributed by atoms with E-state index in [-0.39, 0.29) is 0 Å². The van der Waals surface area contributed by atoms with Crippen LogP contribution in [0.1, 0.15) is 26.2 Å². The molecule has 0 aromatic heterocycles. The zero-order chi connectivity index (χ0) is 7.82. The van der Waals surface area contributed by atoms with Crippen LogP contribution in [0.5, 0.6) is 0 Å². The normalized spacial score (nSPS) is 9.40. The molecule has 2 heteroatoms. The summed E-state index contributed by atoms with van der Waals surface area (Å²) in [5.41, 5.74) is 0. The van der Waals surface area contributed by atoms with Gasteiger partial charge in [0.05, 0.1) is 12.4 Å². The molecule has 0 aliphatic carbocycles. The second kappa shape index (κ2) is 7.13. The first kappa shape index (κ1) is 10.0. The molecular weight excluding hydrogens is 192 g/mol. The highest BCUT2D eigenvalue weighted by Gasteiger charge is 1.92. The van der Waals surface area contributed by atoms with Gasteiger partial charge in [-0.25, -0.2) is 0 Å². The first-order chi connectivity index (χ1) is 4.81. The Morgan fingerprint density at radius 1 is 1.60 bits per heavy atom. The van der Waals surface area contributed by atoms with Gasteiger partial charge in [0, 0.05) is 11.8 Å². The van der Waals surface area contributed by atoms with E-state index in [1.54, 1.807) is 0 Å². The fourth-order valence-electron chi connectivity index (χ4n) is 0.583. The predicted molar refractivity (Wildman–Crippen MR) is 48.4 cm³/mol. The lowest BCUT2D eigenvalue weighted by Gasteiger charge is -2.05. The molecule has 0 unspecified atom stereocenters. The molecule has 0 aromatic carbocycles. The molecule has 0 fully saturated rings. The van der Waals surface area contributed by atoms with Crippen LogP contribution in [0.3, 0.4) is 0 Å². The van der Waals surface area contributed by atoms with Gasteiger partial charge in [0.2, 0.25) is 0 Å². The zero-order valence-electron chi connectivity index (χ0n) is 6.53. The number of ether oxygens (including phenoxy) is 1. The Kier molecular flexibility index (Phi) is 7.15. The van der Waals surface area contributed by atoms with Crippen molar-refractivity contribution in [2.75, 3.05) is 11.9 Å². The van der Waals surface area contributed by atoms with Crippen LogP contribution in [0.2, 0.25) is 0 Å². The van der Waals surface area contributed by atoms with Gasteiger partial charge >= 0.3 is 0 Å². The van der Waals surface area contributed by atoms with E-state index in [4.69, 9.17) is 4.74 Å². The molecule has 0 bridgehead atoms. The summed E-state index contributed by atoms with van der Waals surface area (Å²) in [5.74, 6) is 0.918. The van der Waals surface area contributed by atoms with Crippen LogP contribution < -0.4 is 0 Å². The maximum Gasteiger partial charge on any atom is 0.0888 e. The third-order valence-corrected chi connectivity index (χ3v) is 1.66. The molecule has 0 saturated heterocycles. The monoisotopic (exact) mass is 206 g/mol. The average Bonchev–Trinajstić information content (AvgIpc) is 1.97. The van der Waals surface area contributed by atoms with Crippen molar-refractivity contribution in [2.45, 2.75) is 26.2 Å². The highest BCUT2D eigenvalue weighted by atomic mass is 79.9. The molecular formula is C8H15BrO. The van der Waals surface area contributed by atoms with Crippen molar-refractivity contribution < 1.29 is 4.74 Å². The summed E-state index contributed by atoms with van der Waals surface area (Å²) in [4.78, 5) is 0. The summed E-state index contributed by atoms with van der Waals surface area (Å²) in [5, 5.41) is 1.03. The molecule has 0 aliphatic heterocycles. The van der Waals surface area contributed by atoms with Crippen molar-refractivity contribution in [1.82, 2.24) is 0 Å². The second-order valence-electron chi connectivity index (χ2n) is 2.18. The number of alkyl halides is 1. The first-order valence-electron chi connectivity index (χ1n) is 3.67. The summed E-state index contributed by atoms with van der Waals surface area (Å²) in [6.07, 6.45) is 3.15. The highest BCUT2D eigenvalue weighted by molar-refractivity contribution is 9.09. The molecule has 0 heterocycles. The topological polar surface area (TPSA) is 9.23 Å². The SMILES string of the molecule is C=C(CCCBr)OCCC. The van der Waals surface area contributed by atoms with Crippen LogP contribution in [0.25, 0.3) is 0 Å². The highest BCUT2D eigenvalue weighted by Crippen LogP contribution is 2.05. The minimum atomic E-state index is 0.807. The Morgan fingerprint density at radius 3 is 2.80 bits per heavy atom. The molecule has 1 nitrogen and oxygen atoms in total. The lowest BCUT2D eigenvalue weighted by Crippen LogP contribution is -1.92. The Labute approximate surface area is 71.6 Å². The van der Waals surface area contributed by atoms with Crippen molar-refractivity contribution in [3.8, 4) is 0 Å². The van der Waals surface area contributed by atoms with E-state index in [0.717, 1.165) is 37.0 Å². The molecule has 0 saturated carbocycles. The van der Waals surface area contributed by atoms with Gasteiger partial charge in [-0.05, 0) is 12.8 Å². The largest absolute Gasteiger partial charge is 0.499 e. The fourth-order valence-corrected chi connectivity index (χ4v) is 0.863. The van der Waals surface area contributed by atoms with Gasteiger partial charge in [-0.15, -0.1) is 0 Å². The number of hydrogen-bond acceptors (Lipinski definition) is 1. The third-order valence-electron chi connectivity index (χ3n) is 1.10. The Hall–Kier alpha value is 0.0200. The van der Waals surface area contributed by atoms with Gasteiger partial charge in [-0.3, -0.25) is 0 Å². The molecule has 0 atom stereocenters. The third kappa shape index (κ3) is 6.14. The molecule has 0 spiro atoms. The Balaban J connectivity index is 3.09. The van der Waals surface area contributed by atoms with Crippen LogP contribution >= 0.6 is 15.9 Å². The van der Waals surface area contributed by atoms with Crippen LogP contribution in [-0.4, -0.2) is 11.9 Å². The van der Waals surface area contributed by atoms with Crippen molar-refractivity contribution >= 4 is 15.9 Å². The minimum absolute atomic E-state index is 0.807. The zero-order valence-corrected chi connectivity index (χ0v) is 8.11. The molecule has 0 rings (SSSR count). The summed E-state index contributed by atoms with van der Waals surface area (Å²) in [6, 6.07) is 0. The van der Waals surface area contributed by atoms with Gasteiger partial charge < -0.3 is 4.74 Å². The molecule has 0 aromatic rings. The fraction of sp³-hybridized carbons (Fsp3) is 0.750. The maximum absolute atomic E-state index is 5.28. The van der Waals surface area contributed by atoms with Crippen LogP contribution in [0, 0.1) is 0 Å². The van der Waals surface area contributed by atoms with E-state index in [1.165, 1.54) is 0 Å². The Morgan fingerprint density at radius 2 is 2.30 bits per heavy atom. The lowest BCUT2D eigenvalue weighted by atomic mass is 10.3. The van der Waals surface area contributed by atoms with Crippen LogP contribution in [0.4, 0.5) is 0 Å². The standard InChI is InChI=1S/C8H15BrO/c1-3-7-10-8(2)5-4-6-9/h2-7H2,1H3. The molecule has 10 heavy (non-hydrogen) atoms. The smallest absolute Gasteiger partial charge is 0.0888 e. The molecule has 0 radical (unpaired) electrons. The van der Waals surface area contributed by atoms with Gasteiger partial charge in [0.1, 0.15) is 0 Å². The van der Waals surface area contributed by atoms with E-state index >= 15 is 0 Å². The van der Waals surface area contributed by atoms with Crippen molar-refractivity contribution in [3.63, 3.8) is 0 Å². The lowest BCUT2D eigenvalue weighted by molar-refractivity contribution is 0.204. The maximum atomic E-state index is 5.28. The first-order valence-corrected chi connectivity index (χ1v) is 4.80. The molecule has 60 valence electrons. The van der Waals surface area contributed by atoms with Crippen LogP contribution in [0.15, 0.2) is 12.3 Å². The second-order valence-corrected chi connectivity index (χ2v) is 2.97. The van der Waals surface area contributed by atoms with E-state index < -0.39 is 0 Å².